The molecule has 0 atom stereocenters. The molecule has 0 aromatic heterocycles. The van der Waals surface area contributed by atoms with E-state index in [9.17, 15) is 9.59 Å². The summed E-state index contributed by atoms with van der Waals surface area (Å²) in [6.45, 7) is 22.3. The zero-order chi connectivity index (χ0) is 18.6. The van der Waals surface area contributed by atoms with Crippen molar-refractivity contribution in [3.05, 3.63) is 0 Å². The summed E-state index contributed by atoms with van der Waals surface area (Å²) in [5.41, 5.74) is -1.53. The Morgan fingerprint density at radius 2 is 0.682 bits per heavy atom. The van der Waals surface area contributed by atoms with Crippen molar-refractivity contribution >= 4 is 11.9 Å². The van der Waals surface area contributed by atoms with Gasteiger partial charge in [0.1, 0.15) is 11.2 Å². The van der Waals surface area contributed by atoms with Crippen molar-refractivity contribution in [1.29, 1.82) is 0 Å². The van der Waals surface area contributed by atoms with Gasteiger partial charge >= 0.3 is 11.9 Å². The summed E-state index contributed by atoms with van der Waals surface area (Å²) in [5.74, 6) is -0.296. The lowest BCUT2D eigenvalue weighted by atomic mass is 9.97. The van der Waals surface area contributed by atoms with Crippen molar-refractivity contribution in [2.24, 2.45) is 10.8 Å². The van der Waals surface area contributed by atoms with Gasteiger partial charge in [0.25, 0.3) is 0 Å². The van der Waals surface area contributed by atoms with Crippen molar-refractivity contribution < 1.29 is 19.1 Å². The van der Waals surface area contributed by atoms with E-state index in [2.05, 4.69) is 0 Å². The van der Waals surface area contributed by atoms with Gasteiger partial charge in [-0.05, 0) is 83.1 Å². The highest BCUT2D eigenvalue weighted by molar-refractivity contribution is 5.76. The lowest BCUT2D eigenvalue weighted by molar-refractivity contribution is -0.165. The summed E-state index contributed by atoms with van der Waals surface area (Å²) in [6, 6.07) is 0. The molecule has 4 nitrogen and oxygen atoms in total. The van der Waals surface area contributed by atoms with Gasteiger partial charge in [0.2, 0.25) is 0 Å². The molecule has 132 valence electrons. The molecule has 22 heavy (non-hydrogen) atoms. The predicted molar refractivity (Wildman–Crippen MR) is 90.6 cm³/mol. The first-order chi connectivity index (χ1) is 9.26. The second kappa shape index (κ2) is 7.47. The van der Waals surface area contributed by atoms with E-state index in [4.69, 9.17) is 9.47 Å². The molecule has 0 rings (SSSR count). The Morgan fingerprint density at radius 1 is 0.500 bits per heavy atom. The van der Waals surface area contributed by atoms with E-state index in [1.807, 2.05) is 83.1 Å². The maximum atomic E-state index is 11.3. The molecule has 0 radical (unpaired) electrons. The topological polar surface area (TPSA) is 52.6 Å². The second-order valence-corrected chi connectivity index (χ2v) is 9.50. The number of hydrogen-bond acceptors (Lipinski definition) is 4. The second-order valence-electron chi connectivity index (χ2n) is 9.50. The Labute approximate surface area is 136 Å². The van der Waals surface area contributed by atoms with Crippen LogP contribution in [0.25, 0.3) is 0 Å². The minimum absolute atomic E-state index is 0.148. The molecule has 0 aliphatic heterocycles. The Morgan fingerprint density at radius 3 is 0.727 bits per heavy atom. The molecule has 0 saturated carbocycles. The average Bonchev–Trinajstić information content (AvgIpc) is 2.09. The monoisotopic (exact) mass is 316 g/mol. The molecule has 0 aliphatic carbocycles. The highest BCUT2D eigenvalue weighted by atomic mass is 16.6. The van der Waals surface area contributed by atoms with Crippen LogP contribution in [0.15, 0.2) is 0 Å². The van der Waals surface area contributed by atoms with Crippen LogP contribution >= 0.6 is 0 Å². The van der Waals surface area contributed by atoms with Crippen molar-refractivity contribution in [3.63, 3.8) is 0 Å². The third-order valence-corrected chi connectivity index (χ3v) is 2.02. The zero-order valence-electron chi connectivity index (χ0n) is 16.6. The van der Waals surface area contributed by atoms with Gasteiger partial charge in [-0.3, -0.25) is 9.59 Å². The Kier molecular flexibility index (Phi) is 7.88. The van der Waals surface area contributed by atoms with E-state index in [-0.39, 0.29) is 23.1 Å². The fourth-order valence-electron chi connectivity index (χ4n) is 0.862. The summed E-state index contributed by atoms with van der Waals surface area (Å²) < 4.78 is 10.3. The van der Waals surface area contributed by atoms with Crippen LogP contribution in [0.4, 0.5) is 0 Å². The van der Waals surface area contributed by atoms with Crippen LogP contribution in [-0.4, -0.2) is 23.1 Å². The average molecular weight is 316 g/mol. The van der Waals surface area contributed by atoms with E-state index in [1.54, 1.807) is 0 Å². The highest BCUT2D eigenvalue weighted by Gasteiger charge is 2.28. The molecule has 0 spiro atoms. The first-order valence-electron chi connectivity index (χ1n) is 7.72. The lowest BCUT2D eigenvalue weighted by Crippen LogP contribution is -2.31. The zero-order valence-corrected chi connectivity index (χ0v) is 16.6. The van der Waals surface area contributed by atoms with Gasteiger partial charge in [-0.2, -0.15) is 0 Å². The third kappa shape index (κ3) is 13.9. The summed E-state index contributed by atoms with van der Waals surface area (Å²) in [7, 11) is 0. The number of rotatable bonds is 0. The van der Waals surface area contributed by atoms with Gasteiger partial charge in [-0.15, -0.1) is 0 Å². The minimum atomic E-state index is -0.396. The molecule has 0 unspecified atom stereocenters. The van der Waals surface area contributed by atoms with Gasteiger partial charge in [-0.1, -0.05) is 0 Å². The summed E-state index contributed by atoms with van der Waals surface area (Å²) >= 11 is 0. The number of carbonyl (C=O) groups excluding carboxylic acids is 2. The molecule has 4 heteroatoms. The van der Waals surface area contributed by atoms with E-state index in [0.29, 0.717) is 0 Å². The van der Waals surface area contributed by atoms with Crippen molar-refractivity contribution in [1.82, 2.24) is 0 Å². The van der Waals surface area contributed by atoms with Crippen LogP contribution in [0.5, 0.6) is 0 Å². The molecule has 0 bridgehead atoms. The van der Waals surface area contributed by atoms with E-state index < -0.39 is 10.8 Å². The molecule has 0 fully saturated rings. The number of esters is 2. The molecule has 0 aliphatic rings. The molecular weight excluding hydrogens is 280 g/mol. The van der Waals surface area contributed by atoms with Crippen molar-refractivity contribution in [2.45, 2.75) is 94.3 Å². The standard InChI is InChI=1S/2C9H18O2/c2*1-8(2,3)7(10)11-9(4,5)6/h2*1-6H3. The Bertz CT molecular complexity index is 330. The predicted octanol–water partition coefficient (Wildman–Crippen LogP) is 4.75. The summed E-state index contributed by atoms with van der Waals surface area (Å²) in [6.07, 6.45) is 0. The smallest absolute Gasteiger partial charge is 0.311 e. The van der Waals surface area contributed by atoms with Crippen molar-refractivity contribution in [2.75, 3.05) is 0 Å². The Balaban J connectivity index is 0. The number of ether oxygens (including phenoxy) is 2. The van der Waals surface area contributed by atoms with E-state index in [1.165, 1.54) is 0 Å². The van der Waals surface area contributed by atoms with Gasteiger partial charge in [-0.25, -0.2) is 0 Å². The molecular formula is C18H36O4. The molecule has 0 N–H and O–H groups in total. The largest absolute Gasteiger partial charge is 0.460 e. The van der Waals surface area contributed by atoms with Gasteiger partial charge in [0, 0.05) is 0 Å². The first kappa shape index (κ1) is 23.2. The highest BCUT2D eigenvalue weighted by Crippen LogP contribution is 2.20. The molecule has 0 heterocycles. The first-order valence-corrected chi connectivity index (χ1v) is 7.72. The number of carbonyl (C=O) groups is 2. The fourth-order valence-corrected chi connectivity index (χ4v) is 0.862. The van der Waals surface area contributed by atoms with Crippen LogP contribution in [0.3, 0.4) is 0 Å². The van der Waals surface area contributed by atoms with Gasteiger partial charge in [0.15, 0.2) is 0 Å². The van der Waals surface area contributed by atoms with Crippen LogP contribution in [0.2, 0.25) is 0 Å². The normalized spacial score (nSPS) is 12.9. The quantitative estimate of drug-likeness (QED) is 0.605. The molecule has 0 aromatic carbocycles. The van der Waals surface area contributed by atoms with Gasteiger partial charge in [0.05, 0.1) is 10.8 Å². The molecule has 0 saturated heterocycles. The fraction of sp³-hybridized carbons (Fsp3) is 0.889. The maximum absolute atomic E-state index is 11.3. The van der Waals surface area contributed by atoms with Crippen LogP contribution in [0.1, 0.15) is 83.1 Å². The molecule has 0 amide bonds. The van der Waals surface area contributed by atoms with E-state index in [0.717, 1.165) is 0 Å². The Hall–Kier alpha value is -1.06. The van der Waals surface area contributed by atoms with E-state index >= 15 is 0 Å². The number of hydrogen-bond donors (Lipinski definition) is 0. The van der Waals surface area contributed by atoms with Crippen LogP contribution in [0, 0.1) is 10.8 Å². The van der Waals surface area contributed by atoms with Crippen molar-refractivity contribution in [3.8, 4) is 0 Å². The SMILES string of the molecule is CC(C)(C)OC(=O)C(C)(C)C.CC(C)(C)OC(=O)C(C)(C)C. The van der Waals surface area contributed by atoms with Crippen LogP contribution in [-0.2, 0) is 19.1 Å². The molecule has 0 aromatic rings. The lowest BCUT2D eigenvalue weighted by Gasteiger charge is -2.25. The minimum Gasteiger partial charge on any atom is -0.460 e. The summed E-state index contributed by atoms with van der Waals surface area (Å²) in [5, 5.41) is 0. The third-order valence-electron chi connectivity index (χ3n) is 2.02. The van der Waals surface area contributed by atoms with Crippen LogP contribution < -0.4 is 0 Å². The maximum Gasteiger partial charge on any atom is 0.311 e. The van der Waals surface area contributed by atoms with Gasteiger partial charge < -0.3 is 9.47 Å². The summed E-state index contributed by atoms with van der Waals surface area (Å²) in [4.78, 5) is 22.5.